The predicted molar refractivity (Wildman–Crippen MR) is 69.0 cm³/mol. The molecular weight excluding hydrogens is 230 g/mol. The first-order valence-electron chi connectivity index (χ1n) is 6.71. The maximum atomic E-state index is 12.7. The Balaban J connectivity index is 2.12. The van der Waals surface area contributed by atoms with E-state index in [-0.39, 0.29) is 23.8 Å². The second-order valence-electron chi connectivity index (χ2n) is 5.78. The van der Waals surface area contributed by atoms with Crippen LogP contribution in [-0.4, -0.2) is 61.4 Å². The molecule has 1 N–H and O–H groups in total. The van der Waals surface area contributed by atoms with E-state index in [9.17, 15) is 9.59 Å². The average molecular weight is 253 g/mol. The quantitative estimate of drug-likeness (QED) is 0.749. The van der Waals surface area contributed by atoms with Gasteiger partial charge in [-0.15, -0.1) is 0 Å². The van der Waals surface area contributed by atoms with Crippen LogP contribution in [-0.2, 0) is 9.59 Å². The van der Waals surface area contributed by atoms with Crippen LogP contribution >= 0.6 is 0 Å². The minimum absolute atomic E-state index is 0.0412. The van der Waals surface area contributed by atoms with Crippen molar-refractivity contribution >= 4 is 11.8 Å². The molecule has 2 heterocycles. The highest BCUT2D eigenvalue weighted by molar-refractivity contribution is 5.89. The van der Waals surface area contributed by atoms with Gasteiger partial charge in [0.2, 0.25) is 11.8 Å². The Kier molecular flexibility index (Phi) is 3.61. The van der Waals surface area contributed by atoms with Crippen LogP contribution in [0.2, 0.25) is 0 Å². The lowest BCUT2D eigenvalue weighted by molar-refractivity contribution is -0.152. The third-order valence-corrected chi connectivity index (χ3v) is 4.46. The van der Waals surface area contributed by atoms with Crippen molar-refractivity contribution in [3.63, 3.8) is 0 Å². The number of carbonyl (C=O) groups excluding carboxylic acids is 2. The summed E-state index contributed by atoms with van der Waals surface area (Å²) >= 11 is 0. The molecular formula is C13H23N3O2. The van der Waals surface area contributed by atoms with Gasteiger partial charge in [0.05, 0.1) is 12.0 Å². The first-order valence-corrected chi connectivity index (χ1v) is 6.71. The fourth-order valence-electron chi connectivity index (χ4n) is 2.88. The van der Waals surface area contributed by atoms with E-state index >= 15 is 0 Å². The Labute approximate surface area is 108 Å². The zero-order valence-electron chi connectivity index (χ0n) is 11.5. The molecule has 0 saturated carbocycles. The van der Waals surface area contributed by atoms with E-state index in [2.05, 4.69) is 19.2 Å². The van der Waals surface area contributed by atoms with Gasteiger partial charge in [0, 0.05) is 26.7 Å². The van der Waals surface area contributed by atoms with Gasteiger partial charge in [-0.2, -0.15) is 0 Å². The van der Waals surface area contributed by atoms with Gasteiger partial charge in [0.15, 0.2) is 0 Å². The van der Waals surface area contributed by atoms with Crippen LogP contribution in [0.25, 0.3) is 0 Å². The lowest BCUT2D eigenvalue weighted by Gasteiger charge is -2.39. The molecule has 2 saturated heterocycles. The minimum Gasteiger partial charge on any atom is -0.342 e. The molecule has 0 bridgehead atoms. The number of hydrogen-bond donors (Lipinski definition) is 1. The van der Waals surface area contributed by atoms with E-state index in [0.29, 0.717) is 19.0 Å². The van der Waals surface area contributed by atoms with Crippen molar-refractivity contribution in [2.45, 2.75) is 20.3 Å². The zero-order chi connectivity index (χ0) is 13.3. The Morgan fingerprint density at radius 3 is 2.61 bits per heavy atom. The van der Waals surface area contributed by atoms with Crippen molar-refractivity contribution in [3.05, 3.63) is 0 Å². The summed E-state index contributed by atoms with van der Waals surface area (Å²) in [6, 6.07) is 0. The van der Waals surface area contributed by atoms with E-state index in [1.807, 2.05) is 0 Å². The number of piperazine rings is 1. The summed E-state index contributed by atoms with van der Waals surface area (Å²) in [5.41, 5.74) is -0.309. The second-order valence-corrected chi connectivity index (χ2v) is 5.78. The van der Waals surface area contributed by atoms with Crippen molar-refractivity contribution in [1.82, 2.24) is 15.1 Å². The molecule has 0 aromatic carbocycles. The topological polar surface area (TPSA) is 52.7 Å². The van der Waals surface area contributed by atoms with Crippen molar-refractivity contribution in [2.75, 3.05) is 39.8 Å². The van der Waals surface area contributed by atoms with Crippen LogP contribution in [0.1, 0.15) is 20.3 Å². The molecule has 2 fully saturated rings. The number of nitrogens with zero attached hydrogens (tertiary/aromatic N) is 2. The molecule has 0 aliphatic carbocycles. The number of carbonyl (C=O) groups is 2. The highest BCUT2D eigenvalue weighted by Crippen LogP contribution is 2.36. The maximum absolute atomic E-state index is 12.7. The predicted octanol–water partition coefficient (Wildman–Crippen LogP) is -0.0773. The van der Waals surface area contributed by atoms with Crippen LogP contribution in [0.5, 0.6) is 0 Å². The van der Waals surface area contributed by atoms with Gasteiger partial charge in [-0.3, -0.25) is 9.59 Å². The number of amides is 2. The van der Waals surface area contributed by atoms with Gasteiger partial charge in [0.1, 0.15) is 0 Å². The summed E-state index contributed by atoms with van der Waals surface area (Å²) < 4.78 is 0. The summed E-state index contributed by atoms with van der Waals surface area (Å²) in [7, 11) is 1.79. The van der Waals surface area contributed by atoms with E-state index in [4.69, 9.17) is 0 Å². The maximum Gasteiger partial charge on any atom is 0.241 e. The molecule has 0 radical (unpaired) electrons. The van der Waals surface area contributed by atoms with E-state index in [1.165, 1.54) is 0 Å². The third-order valence-electron chi connectivity index (χ3n) is 4.46. The Morgan fingerprint density at radius 2 is 2.11 bits per heavy atom. The van der Waals surface area contributed by atoms with Crippen LogP contribution in [0.15, 0.2) is 0 Å². The van der Waals surface area contributed by atoms with E-state index in [1.54, 1.807) is 16.8 Å². The van der Waals surface area contributed by atoms with Gasteiger partial charge in [-0.1, -0.05) is 13.8 Å². The summed E-state index contributed by atoms with van der Waals surface area (Å²) in [5.74, 6) is 0.498. The average Bonchev–Trinajstić information content (AvgIpc) is 2.82. The van der Waals surface area contributed by atoms with Gasteiger partial charge in [-0.25, -0.2) is 0 Å². The fraction of sp³-hybridized carbons (Fsp3) is 0.846. The zero-order valence-corrected chi connectivity index (χ0v) is 11.5. The number of rotatable bonds is 2. The second kappa shape index (κ2) is 4.88. The van der Waals surface area contributed by atoms with Crippen molar-refractivity contribution < 1.29 is 9.59 Å². The van der Waals surface area contributed by atoms with Crippen LogP contribution < -0.4 is 5.32 Å². The Hall–Kier alpha value is -1.10. The lowest BCUT2D eigenvalue weighted by atomic mass is 9.75. The SMILES string of the molecule is CC(C)C1(C(=O)N2CCN(C)C(=O)C2)CCNC1. The van der Waals surface area contributed by atoms with Crippen molar-refractivity contribution in [2.24, 2.45) is 11.3 Å². The highest BCUT2D eigenvalue weighted by Gasteiger charge is 2.46. The van der Waals surface area contributed by atoms with Gasteiger partial charge in [0.25, 0.3) is 0 Å². The molecule has 0 aromatic heterocycles. The molecule has 102 valence electrons. The van der Waals surface area contributed by atoms with Crippen molar-refractivity contribution in [3.8, 4) is 0 Å². The lowest BCUT2D eigenvalue weighted by Crippen LogP contribution is -2.56. The largest absolute Gasteiger partial charge is 0.342 e. The molecule has 2 aliphatic rings. The van der Waals surface area contributed by atoms with Crippen LogP contribution in [0, 0.1) is 11.3 Å². The first-order chi connectivity index (χ1) is 8.47. The third kappa shape index (κ3) is 2.11. The molecule has 2 rings (SSSR count). The summed E-state index contributed by atoms with van der Waals surface area (Å²) in [6.07, 6.45) is 0.879. The standard InChI is InChI=1S/C13H23N3O2/c1-10(2)13(4-5-14-9-13)12(18)16-7-6-15(3)11(17)8-16/h10,14H,4-9H2,1-3H3. The Morgan fingerprint density at radius 1 is 1.39 bits per heavy atom. The summed E-state index contributed by atoms with van der Waals surface area (Å²) in [6.45, 7) is 7.38. The summed E-state index contributed by atoms with van der Waals surface area (Å²) in [5, 5.41) is 3.29. The minimum atomic E-state index is -0.309. The van der Waals surface area contributed by atoms with Crippen LogP contribution in [0.3, 0.4) is 0 Å². The van der Waals surface area contributed by atoms with E-state index in [0.717, 1.165) is 19.5 Å². The Bertz CT molecular complexity index is 348. The molecule has 5 heteroatoms. The number of likely N-dealkylation sites (N-methyl/N-ethyl adjacent to an activating group) is 1. The van der Waals surface area contributed by atoms with Gasteiger partial charge < -0.3 is 15.1 Å². The molecule has 18 heavy (non-hydrogen) atoms. The molecule has 0 spiro atoms. The van der Waals surface area contributed by atoms with Gasteiger partial charge >= 0.3 is 0 Å². The van der Waals surface area contributed by atoms with Gasteiger partial charge in [-0.05, 0) is 18.9 Å². The molecule has 5 nitrogen and oxygen atoms in total. The summed E-state index contributed by atoms with van der Waals surface area (Å²) in [4.78, 5) is 27.9. The fourth-order valence-corrected chi connectivity index (χ4v) is 2.88. The molecule has 0 aromatic rings. The number of nitrogens with one attached hydrogen (secondary N) is 1. The molecule has 1 unspecified atom stereocenters. The smallest absolute Gasteiger partial charge is 0.241 e. The van der Waals surface area contributed by atoms with Crippen LogP contribution in [0.4, 0.5) is 0 Å². The highest BCUT2D eigenvalue weighted by atomic mass is 16.2. The monoisotopic (exact) mass is 253 g/mol. The molecule has 2 aliphatic heterocycles. The molecule has 2 amide bonds. The first kappa shape index (κ1) is 13.3. The molecule has 1 atom stereocenters. The number of hydrogen-bond acceptors (Lipinski definition) is 3. The van der Waals surface area contributed by atoms with E-state index < -0.39 is 0 Å². The normalized spacial score (nSPS) is 29.2. The van der Waals surface area contributed by atoms with Crippen molar-refractivity contribution in [1.29, 1.82) is 0 Å².